The number of ether oxygens (including phenoxy) is 1. The Morgan fingerprint density at radius 3 is 2.50 bits per heavy atom. The van der Waals surface area contributed by atoms with E-state index in [0.717, 1.165) is 26.0 Å². The predicted molar refractivity (Wildman–Crippen MR) is 122 cm³/mol. The summed E-state index contributed by atoms with van der Waals surface area (Å²) in [4.78, 5) is 22.1. The van der Waals surface area contributed by atoms with Crippen molar-refractivity contribution in [1.29, 1.82) is 0 Å². The molecular formula is C23H22N2O3S2. The number of para-hydroxylation sites is 1. The fourth-order valence-electron chi connectivity index (χ4n) is 2.99. The molecule has 154 valence electrons. The Morgan fingerprint density at radius 2 is 1.80 bits per heavy atom. The Morgan fingerprint density at radius 1 is 1.07 bits per heavy atom. The normalized spacial score (nSPS) is 11.7. The maximum absolute atomic E-state index is 11.4. The molecule has 0 fully saturated rings. The smallest absolute Gasteiger partial charge is 0.347 e. The highest BCUT2D eigenvalue weighted by Crippen LogP contribution is 2.35. The van der Waals surface area contributed by atoms with Gasteiger partial charge in [-0.1, -0.05) is 35.9 Å². The van der Waals surface area contributed by atoms with Crippen molar-refractivity contribution in [2.45, 2.75) is 39.7 Å². The van der Waals surface area contributed by atoms with Gasteiger partial charge in [0.05, 0.1) is 15.4 Å². The van der Waals surface area contributed by atoms with Crippen LogP contribution in [0.4, 0.5) is 0 Å². The number of aryl methyl sites for hydroxylation is 2. The number of carboxylic acids is 1. The minimum Gasteiger partial charge on any atom is -0.478 e. The van der Waals surface area contributed by atoms with E-state index in [2.05, 4.69) is 31.2 Å². The van der Waals surface area contributed by atoms with Gasteiger partial charge in [0.15, 0.2) is 5.60 Å². The van der Waals surface area contributed by atoms with Crippen LogP contribution in [0.2, 0.25) is 0 Å². The number of hydrogen-bond donors (Lipinski definition) is 1. The van der Waals surface area contributed by atoms with Crippen molar-refractivity contribution in [1.82, 2.24) is 9.97 Å². The maximum atomic E-state index is 11.4. The molecule has 0 radical (unpaired) electrons. The Hall–Kier alpha value is -2.77. The van der Waals surface area contributed by atoms with E-state index in [1.807, 2.05) is 19.1 Å². The molecule has 0 saturated heterocycles. The van der Waals surface area contributed by atoms with Crippen molar-refractivity contribution in [2.24, 2.45) is 0 Å². The Kier molecular flexibility index (Phi) is 5.34. The van der Waals surface area contributed by atoms with Gasteiger partial charge in [-0.25, -0.2) is 14.8 Å². The van der Waals surface area contributed by atoms with Gasteiger partial charge >= 0.3 is 5.97 Å². The van der Waals surface area contributed by atoms with Crippen LogP contribution in [0.25, 0.3) is 20.8 Å². The SMILES string of the molecule is Cc1ccc(-c2nc(C)c(Cc3nc4c(OC(C)(C)C(=O)O)cccc4s3)s2)cc1. The van der Waals surface area contributed by atoms with E-state index in [-0.39, 0.29) is 0 Å². The van der Waals surface area contributed by atoms with Gasteiger partial charge in [-0.05, 0) is 39.8 Å². The van der Waals surface area contributed by atoms with Crippen LogP contribution in [0.3, 0.4) is 0 Å². The third-order valence-corrected chi connectivity index (χ3v) is 7.04. The van der Waals surface area contributed by atoms with Crippen LogP contribution in [0.1, 0.15) is 35.0 Å². The summed E-state index contributed by atoms with van der Waals surface area (Å²) in [5.41, 5.74) is 2.74. The fourth-order valence-corrected chi connectivity index (χ4v) is 5.16. The number of carbonyl (C=O) groups is 1. The molecule has 0 aliphatic carbocycles. The van der Waals surface area contributed by atoms with E-state index < -0.39 is 11.6 Å². The van der Waals surface area contributed by atoms with Gasteiger partial charge in [-0.3, -0.25) is 0 Å². The standard InChI is InChI=1S/C23H22N2O3S2/c1-13-8-10-15(11-9-13)21-24-14(2)18(30-21)12-19-25-20-16(6-5-7-17(20)29-19)28-23(3,4)22(26)27/h5-11H,12H2,1-4H3,(H,26,27). The van der Waals surface area contributed by atoms with Crippen LogP contribution in [0.5, 0.6) is 5.75 Å². The third-order valence-electron chi connectivity index (χ3n) is 4.81. The Balaban J connectivity index is 1.63. The molecule has 1 N–H and O–H groups in total. The molecule has 0 amide bonds. The number of thiazole rings is 2. The lowest BCUT2D eigenvalue weighted by molar-refractivity contribution is -0.152. The molecule has 0 unspecified atom stereocenters. The number of nitrogens with zero attached hydrogens (tertiary/aromatic N) is 2. The molecule has 0 aliphatic rings. The lowest BCUT2D eigenvalue weighted by Gasteiger charge is -2.21. The van der Waals surface area contributed by atoms with Gasteiger partial charge in [-0.2, -0.15) is 0 Å². The van der Waals surface area contributed by atoms with Gasteiger partial charge in [0.25, 0.3) is 0 Å². The molecule has 0 bridgehead atoms. The number of rotatable bonds is 6. The third kappa shape index (κ3) is 4.08. The van der Waals surface area contributed by atoms with E-state index in [1.54, 1.807) is 28.7 Å². The highest BCUT2D eigenvalue weighted by molar-refractivity contribution is 7.19. The summed E-state index contributed by atoms with van der Waals surface area (Å²) in [6.45, 7) is 7.18. The quantitative estimate of drug-likeness (QED) is 0.408. The van der Waals surface area contributed by atoms with Crippen molar-refractivity contribution >= 4 is 38.9 Å². The fraction of sp³-hybridized carbons (Fsp3) is 0.261. The Bertz CT molecular complexity index is 1220. The second kappa shape index (κ2) is 7.81. The summed E-state index contributed by atoms with van der Waals surface area (Å²) in [5.74, 6) is -0.525. The zero-order chi connectivity index (χ0) is 21.5. The molecule has 4 rings (SSSR count). The van der Waals surface area contributed by atoms with E-state index in [1.165, 1.54) is 24.3 Å². The summed E-state index contributed by atoms with van der Waals surface area (Å²) in [7, 11) is 0. The van der Waals surface area contributed by atoms with Gasteiger partial charge in [0.1, 0.15) is 16.3 Å². The molecule has 0 aliphatic heterocycles. The summed E-state index contributed by atoms with van der Waals surface area (Å²) in [5, 5.41) is 11.3. The second-order valence-electron chi connectivity index (χ2n) is 7.70. The summed E-state index contributed by atoms with van der Waals surface area (Å²) in [6.07, 6.45) is 0.691. The lowest BCUT2D eigenvalue weighted by atomic mass is 10.1. The number of aliphatic carboxylic acids is 1. The molecule has 0 atom stereocenters. The van der Waals surface area contributed by atoms with Crippen molar-refractivity contribution in [3.8, 4) is 16.3 Å². The zero-order valence-electron chi connectivity index (χ0n) is 17.2. The van der Waals surface area contributed by atoms with Crippen molar-refractivity contribution < 1.29 is 14.6 Å². The molecule has 4 aromatic rings. The van der Waals surface area contributed by atoms with E-state index in [9.17, 15) is 9.90 Å². The summed E-state index contributed by atoms with van der Waals surface area (Å²) >= 11 is 3.28. The van der Waals surface area contributed by atoms with Crippen molar-refractivity contribution in [2.75, 3.05) is 0 Å². The van der Waals surface area contributed by atoms with E-state index >= 15 is 0 Å². The molecule has 2 aromatic heterocycles. The number of benzene rings is 2. The largest absolute Gasteiger partial charge is 0.478 e. The summed E-state index contributed by atoms with van der Waals surface area (Å²) < 4.78 is 6.75. The molecular weight excluding hydrogens is 416 g/mol. The van der Waals surface area contributed by atoms with E-state index in [0.29, 0.717) is 17.7 Å². The number of hydrogen-bond acceptors (Lipinski definition) is 6. The predicted octanol–water partition coefficient (Wildman–Crippen LogP) is 5.87. The molecule has 2 aromatic carbocycles. The average Bonchev–Trinajstić information content (AvgIpc) is 3.26. The van der Waals surface area contributed by atoms with Gasteiger partial charge in [0.2, 0.25) is 0 Å². The zero-order valence-corrected chi connectivity index (χ0v) is 18.9. The molecule has 2 heterocycles. The van der Waals surface area contributed by atoms with Crippen LogP contribution >= 0.6 is 22.7 Å². The first-order valence-electron chi connectivity index (χ1n) is 9.57. The Labute approximate surface area is 183 Å². The molecule has 30 heavy (non-hydrogen) atoms. The van der Waals surface area contributed by atoms with Crippen LogP contribution < -0.4 is 4.74 Å². The molecule has 0 spiro atoms. The van der Waals surface area contributed by atoms with Gasteiger partial charge in [-0.15, -0.1) is 22.7 Å². The highest BCUT2D eigenvalue weighted by Gasteiger charge is 2.30. The van der Waals surface area contributed by atoms with Crippen LogP contribution in [-0.4, -0.2) is 26.6 Å². The monoisotopic (exact) mass is 438 g/mol. The van der Waals surface area contributed by atoms with Crippen molar-refractivity contribution in [3.63, 3.8) is 0 Å². The summed E-state index contributed by atoms with van der Waals surface area (Å²) in [6, 6.07) is 14.0. The van der Waals surface area contributed by atoms with Crippen molar-refractivity contribution in [3.05, 3.63) is 63.6 Å². The van der Waals surface area contributed by atoms with Gasteiger partial charge < -0.3 is 9.84 Å². The number of carboxylic acid groups (broad SMARTS) is 1. The maximum Gasteiger partial charge on any atom is 0.347 e. The first kappa shape index (κ1) is 20.5. The van der Waals surface area contributed by atoms with Crippen LogP contribution in [-0.2, 0) is 11.2 Å². The second-order valence-corrected chi connectivity index (χ2v) is 9.90. The first-order valence-corrected chi connectivity index (χ1v) is 11.2. The van der Waals surface area contributed by atoms with Crippen LogP contribution in [0.15, 0.2) is 42.5 Å². The molecule has 0 saturated carbocycles. The lowest BCUT2D eigenvalue weighted by Crippen LogP contribution is -2.37. The average molecular weight is 439 g/mol. The number of fused-ring (bicyclic) bond motifs is 1. The molecule has 7 heteroatoms. The highest BCUT2D eigenvalue weighted by atomic mass is 32.1. The first-order chi connectivity index (χ1) is 14.2. The topological polar surface area (TPSA) is 72.3 Å². The minimum absolute atomic E-state index is 0.490. The van der Waals surface area contributed by atoms with Gasteiger partial charge in [0, 0.05) is 16.9 Å². The number of aromatic nitrogens is 2. The minimum atomic E-state index is -1.32. The molecule has 5 nitrogen and oxygen atoms in total. The van der Waals surface area contributed by atoms with E-state index in [4.69, 9.17) is 14.7 Å². The van der Waals surface area contributed by atoms with Crippen LogP contribution in [0, 0.1) is 13.8 Å².